The molecule has 0 saturated carbocycles. The fraction of sp³-hybridized carbons (Fsp3) is 0.600. The van der Waals surface area contributed by atoms with Crippen molar-refractivity contribution < 1.29 is 9.47 Å². The number of ether oxygens (including phenoxy) is 2. The monoisotopic (exact) mass is 251 g/mol. The van der Waals surface area contributed by atoms with Gasteiger partial charge in [-0.1, -0.05) is 13.8 Å². The molecule has 0 fully saturated rings. The Balaban J connectivity index is 3.04. The van der Waals surface area contributed by atoms with Crippen molar-refractivity contribution in [1.29, 1.82) is 0 Å². The molecule has 0 heterocycles. The molecular formula is C15H25NO2. The molecule has 0 radical (unpaired) electrons. The highest BCUT2D eigenvalue weighted by Crippen LogP contribution is 2.36. The van der Waals surface area contributed by atoms with Gasteiger partial charge in [0.1, 0.15) is 11.5 Å². The van der Waals surface area contributed by atoms with Gasteiger partial charge in [0.2, 0.25) is 0 Å². The second-order valence-corrected chi connectivity index (χ2v) is 5.16. The lowest BCUT2D eigenvalue weighted by molar-refractivity contribution is 0.373. The van der Waals surface area contributed by atoms with Crippen LogP contribution >= 0.6 is 0 Å². The molecule has 0 aliphatic carbocycles. The number of hydrogen-bond acceptors (Lipinski definition) is 3. The van der Waals surface area contributed by atoms with Gasteiger partial charge in [-0.25, -0.2) is 0 Å². The number of aryl methyl sites for hydroxylation is 1. The fourth-order valence-corrected chi connectivity index (χ4v) is 2.09. The molecule has 0 amide bonds. The normalized spacial score (nSPS) is 12.6. The molecule has 0 aliphatic heterocycles. The first-order valence-electron chi connectivity index (χ1n) is 6.47. The van der Waals surface area contributed by atoms with E-state index in [1.54, 1.807) is 14.2 Å². The highest BCUT2D eigenvalue weighted by molar-refractivity contribution is 5.49. The third-order valence-electron chi connectivity index (χ3n) is 3.11. The van der Waals surface area contributed by atoms with Gasteiger partial charge in [0.25, 0.3) is 0 Å². The van der Waals surface area contributed by atoms with E-state index in [2.05, 4.69) is 13.8 Å². The fourth-order valence-electron chi connectivity index (χ4n) is 2.09. The van der Waals surface area contributed by atoms with E-state index < -0.39 is 0 Å². The van der Waals surface area contributed by atoms with Gasteiger partial charge >= 0.3 is 0 Å². The molecule has 1 aromatic carbocycles. The maximum atomic E-state index is 6.29. The van der Waals surface area contributed by atoms with Crippen LogP contribution in [0.3, 0.4) is 0 Å². The standard InChI is InChI=1S/C15H25NO2/c1-10(2)6-7-12(16)15-13(17-4)8-11(3)9-14(15)18-5/h8-10,12H,6-7,16H2,1-5H3/t12-/m1/s1. The summed E-state index contributed by atoms with van der Waals surface area (Å²) in [6, 6.07) is 3.97. The third kappa shape index (κ3) is 3.64. The van der Waals surface area contributed by atoms with Gasteiger partial charge in [-0.05, 0) is 43.4 Å². The smallest absolute Gasteiger partial charge is 0.127 e. The average Bonchev–Trinajstić information content (AvgIpc) is 2.34. The Hall–Kier alpha value is -1.22. The van der Waals surface area contributed by atoms with E-state index in [1.165, 1.54) is 0 Å². The highest BCUT2D eigenvalue weighted by Gasteiger charge is 2.18. The molecule has 3 nitrogen and oxygen atoms in total. The Morgan fingerprint density at radius 3 is 1.94 bits per heavy atom. The van der Waals surface area contributed by atoms with Gasteiger partial charge in [0.05, 0.1) is 19.8 Å². The third-order valence-corrected chi connectivity index (χ3v) is 3.11. The van der Waals surface area contributed by atoms with Crippen LogP contribution in [-0.2, 0) is 0 Å². The molecule has 0 saturated heterocycles. The summed E-state index contributed by atoms with van der Waals surface area (Å²) in [7, 11) is 3.35. The molecule has 1 atom stereocenters. The summed E-state index contributed by atoms with van der Waals surface area (Å²) in [6.45, 7) is 6.43. The van der Waals surface area contributed by atoms with Crippen LogP contribution in [0.2, 0.25) is 0 Å². The van der Waals surface area contributed by atoms with Gasteiger partial charge < -0.3 is 15.2 Å². The first-order chi connectivity index (χ1) is 8.49. The van der Waals surface area contributed by atoms with Crippen molar-refractivity contribution in [3.05, 3.63) is 23.3 Å². The van der Waals surface area contributed by atoms with Crippen molar-refractivity contribution in [3.63, 3.8) is 0 Å². The number of hydrogen-bond donors (Lipinski definition) is 1. The summed E-state index contributed by atoms with van der Waals surface area (Å²) in [5.41, 5.74) is 8.38. The van der Waals surface area contributed by atoms with Crippen molar-refractivity contribution in [3.8, 4) is 11.5 Å². The van der Waals surface area contributed by atoms with Crippen LogP contribution in [0.15, 0.2) is 12.1 Å². The van der Waals surface area contributed by atoms with Crippen molar-refractivity contribution in [2.45, 2.75) is 39.7 Å². The van der Waals surface area contributed by atoms with Crippen LogP contribution in [0.25, 0.3) is 0 Å². The van der Waals surface area contributed by atoms with Crippen molar-refractivity contribution in [2.75, 3.05) is 14.2 Å². The quantitative estimate of drug-likeness (QED) is 0.842. The summed E-state index contributed by atoms with van der Waals surface area (Å²) in [5.74, 6) is 2.30. The maximum Gasteiger partial charge on any atom is 0.127 e. The van der Waals surface area contributed by atoms with Crippen molar-refractivity contribution >= 4 is 0 Å². The Labute approximate surface area is 110 Å². The molecule has 0 aromatic heterocycles. The molecule has 1 rings (SSSR count). The minimum Gasteiger partial charge on any atom is -0.496 e. The van der Waals surface area contributed by atoms with Gasteiger partial charge in [0, 0.05) is 6.04 Å². The molecule has 102 valence electrons. The lowest BCUT2D eigenvalue weighted by Crippen LogP contribution is -2.14. The molecule has 18 heavy (non-hydrogen) atoms. The van der Waals surface area contributed by atoms with Crippen LogP contribution < -0.4 is 15.2 Å². The summed E-state index contributed by atoms with van der Waals surface area (Å²) in [4.78, 5) is 0. The second-order valence-electron chi connectivity index (χ2n) is 5.16. The van der Waals surface area contributed by atoms with E-state index >= 15 is 0 Å². The van der Waals surface area contributed by atoms with Crippen molar-refractivity contribution in [2.24, 2.45) is 11.7 Å². The van der Waals surface area contributed by atoms with Gasteiger partial charge in [-0.2, -0.15) is 0 Å². The van der Waals surface area contributed by atoms with Crippen molar-refractivity contribution in [1.82, 2.24) is 0 Å². The van der Waals surface area contributed by atoms with E-state index in [4.69, 9.17) is 15.2 Å². The van der Waals surface area contributed by atoms with Gasteiger partial charge in [0.15, 0.2) is 0 Å². The van der Waals surface area contributed by atoms with E-state index in [9.17, 15) is 0 Å². The minimum atomic E-state index is -0.0436. The summed E-state index contributed by atoms with van der Waals surface area (Å²) >= 11 is 0. The van der Waals surface area contributed by atoms with Gasteiger partial charge in [-0.3, -0.25) is 0 Å². The molecular weight excluding hydrogens is 226 g/mol. The molecule has 0 aliphatic rings. The Bertz CT molecular complexity index is 363. The van der Waals surface area contributed by atoms with Crippen LogP contribution in [0.4, 0.5) is 0 Å². The predicted octanol–water partition coefficient (Wildman–Crippen LogP) is 3.45. The number of rotatable bonds is 6. The van der Waals surface area contributed by atoms with E-state index in [-0.39, 0.29) is 6.04 Å². The molecule has 1 aromatic rings. The molecule has 0 unspecified atom stereocenters. The Morgan fingerprint density at radius 1 is 1.06 bits per heavy atom. The average molecular weight is 251 g/mol. The SMILES string of the molecule is COc1cc(C)cc(OC)c1[C@H](N)CCC(C)C. The van der Waals surface area contributed by atoms with Crippen LogP contribution in [0, 0.1) is 12.8 Å². The number of benzene rings is 1. The zero-order valence-electron chi connectivity index (χ0n) is 12.1. The lowest BCUT2D eigenvalue weighted by atomic mass is 9.96. The first-order valence-corrected chi connectivity index (χ1v) is 6.47. The zero-order chi connectivity index (χ0) is 13.7. The molecule has 0 bridgehead atoms. The molecule has 2 N–H and O–H groups in total. The Kier molecular flexibility index (Phi) is 5.48. The number of methoxy groups -OCH3 is 2. The molecule has 3 heteroatoms. The summed E-state index contributed by atoms with van der Waals surface area (Å²) in [5, 5.41) is 0. The maximum absolute atomic E-state index is 6.29. The Morgan fingerprint density at radius 2 is 1.56 bits per heavy atom. The van der Waals surface area contributed by atoms with E-state index in [1.807, 2.05) is 19.1 Å². The summed E-state index contributed by atoms with van der Waals surface area (Å²) in [6.07, 6.45) is 2.04. The van der Waals surface area contributed by atoms with Gasteiger partial charge in [-0.15, -0.1) is 0 Å². The second kappa shape index (κ2) is 6.64. The highest BCUT2D eigenvalue weighted by atomic mass is 16.5. The van der Waals surface area contributed by atoms with E-state index in [0.29, 0.717) is 5.92 Å². The summed E-state index contributed by atoms with van der Waals surface area (Å²) < 4.78 is 10.9. The topological polar surface area (TPSA) is 44.5 Å². The zero-order valence-corrected chi connectivity index (χ0v) is 12.1. The first kappa shape index (κ1) is 14.8. The lowest BCUT2D eigenvalue weighted by Gasteiger charge is -2.20. The molecule has 0 spiro atoms. The largest absolute Gasteiger partial charge is 0.496 e. The predicted molar refractivity (Wildman–Crippen MR) is 75.3 cm³/mol. The van der Waals surface area contributed by atoms with Crippen LogP contribution in [-0.4, -0.2) is 14.2 Å². The van der Waals surface area contributed by atoms with Crippen LogP contribution in [0.1, 0.15) is 43.9 Å². The van der Waals surface area contributed by atoms with E-state index in [0.717, 1.165) is 35.5 Å². The minimum absolute atomic E-state index is 0.0436. The number of nitrogens with two attached hydrogens (primary N) is 1. The van der Waals surface area contributed by atoms with Crippen LogP contribution in [0.5, 0.6) is 11.5 Å².